The van der Waals surface area contributed by atoms with E-state index in [4.69, 9.17) is 9.05 Å². The van der Waals surface area contributed by atoms with Crippen LogP contribution < -0.4 is 10.2 Å². The quantitative estimate of drug-likeness (QED) is 0.0272. The predicted octanol–water partition coefficient (Wildman–Crippen LogP) is 21.5. The Labute approximate surface area is 488 Å². The lowest BCUT2D eigenvalue weighted by molar-refractivity contribution is -0.870. The van der Waals surface area contributed by atoms with Crippen LogP contribution in [0.1, 0.15) is 373 Å². The number of nitrogens with zero attached hydrogens (tertiary/aromatic N) is 1. The average molecular weight is 1120 g/mol. The molecule has 0 aliphatic heterocycles. The number of carbonyl (C=O) groups is 1. The van der Waals surface area contributed by atoms with Crippen LogP contribution in [-0.2, 0) is 18.4 Å². The van der Waals surface area contributed by atoms with E-state index in [0.29, 0.717) is 17.4 Å². The number of unbranched alkanes of at least 4 members (excludes halogenated alkanes) is 53. The molecule has 3 atom stereocenters. The molecular weight excluding hydrogens is 984 g/mol. The Hall–Kier alpha value is -0.760. The van der Waals surface area contributed by atoms with Gasteiger partial charge in [0.2, 0.25) is 5.91 Å². The monoisotopic (exact) mass is 1120 g/mol. The van der Waals surface area contributed by atoms with Gasteiger partial charge in [0, 0.05) is 6.42 Å². The van der Waals surface area contributed by atoms with E-state index in [9.17, 15) is 19.4 Å². The van der Waals surface area contributed by atoms with Gasteiger partial charge in [-0.3, -0.25) is 9.36 Å². The first-order valence-electron chi connectivity index (χ1n) is 35.1. The number of phosphoric ester groups is 1. The molecule has 466 valence electrons. The van der Waals surface area contributed by atoms with Gasteiger partial charge < -0.3 is 28.8 Å². The third-order valence-corrected chi connectivity index (χ3v) is 17.5. The third-order valence-electron chi connectivity index (χ3n) is 16.5. The second-order valence-electron chi connectivity index (χ2n) is 25.6. The van der Waals surface area contributed by atoms with Crippen molar-refractivity contribution in [1.82, 2.24) is 5.32 Å². The zero-order valence-corrected chi connectivity index (χ0v) is 54.3. The number of rotatable bonds is 66. The molecule has 0 radical (unpaired) electrons. The van der Waals surface area contributed by atoms with Crippen LogP contribution in [0.3, 0.4) is 0 Å². The lowest BCUT2D eigenvalue weighted by Crippen LogP contribution is -2.45. The number of carbonyl (C=O) groups excluding carboxylic acids is 1. The van der Waals surface area contributed by atoms with E-state index in [2.05, 4.69) is 19.2 Å². The summed E-state index contributed by atoms with van der Waals surface area (Å²) in [5.74, 6) is -0.187. The summed E-state index contributed by atoms with van der Waals surface area (Å²) in [7, 11) is 1.28. The molecule has 1 amide bonds. The number of hydrogen-bond acceptors (Lipinski definition) is 6. The molecule has 0 heterocycles. The predicted molar refractivity (Wildman–Crippen MR) is 339 cm³/mol. The van der Waals surface area contributed by atoms with Crippen LogP contribution in [-0.4, -0.2) is 68.5 Å². The Morgan fingerprint density at radius 1 is 0.436 bits per heavy atom. The number of aliphatic hydroxyl groups excluding tert-OH is 1. The van der Waals surface area contributed by atoms with Crippen LogP contribution in [0, 0.1) is 0 Å². The SMILES string of the molecule is CCCCCCCCCCCCCCCCCCCCCCCCCCCCCC/C=C/C(O)C(COP(=O)([O-])OCC[N+](C)(C)C)NC(=O)CCCCCCCCCCCCCCCCCCCCCCCCCCCC. The van der Waals surface area contributed by atoms with Crippen molar-refractivity contribution in [3.63, 3.8) is 0 Å². The van der Waals surface area contributed by atoms with Crippen molar-refractivity contribution in [1.29, 1.82) is 0 Å². The van der Waals surface area contributed by atoms with Gasteiger partial charge in [-0.2, -0.15) is 0 Å². The van der Waals surface area contributed by atoms with Crippen LogP contribution in [0.2, 0.25) is 0 Å². The van der Waals surface area contributed by atoms with Gasteiger partial charge >= 0.3 is 0 Å². The molecule has 2 N–H and O–H groups in total. The molecule has 0 bridgehead atoms. The first kappa shape index (κ1) is 77.2. The Bertz CT molecular complexity index is 1280. The van der Waals surface area contributed by atoms with E-state index in [0.717, 1.165) is 38.5 Å². The molecule has 0 fully saturated rings. The molecule has 0 saturated carbocycles. The molecule has 0 aromatic carbocycles. The first-order valence-corrected chi connectivity index (χ1v) is 36.5. The van der Waals surface area contributed by atoms with E-state index in [1.54, 1.807) is 6.08 Å². The Balaban J connectivity index is 4.03. The van der Waals surface area contributed by atoms with Gasteiger partial charge in [-0.05, 0) is 19.3 Å². The standard InChI is InChI=1S/C69H139N2O6P/c1-6-8-10-12-14-16-18-20-22-24-26-28-30-32-34-35-36-37-38-40-42-44-46-48-50-52-54-56-58-60-62-68(72)67(66-77-78(74,75)76-65-64-71(3,4)5)70-69(73)63-61-59-57-55-53-51-49-47-45-43-41-39-33-31-29-27-25-23-21-19-17-15-13-11-9-7-2/h60,62,67-68,72H,6-59,61,63-66H2,1-5H3,(H-,70,73,74,75)/b62-60+. The number of aliphatic hydroxyl groups is 1. The Morgan fingerprint density at radius 2 is 0.692 bits per heavy atom. The minimum Gasteiger partial charge on any atom is -0.756 e. The summed E-state index contributed by atoms with van der Waals surface area (Å²) in [6.45, 7) is 4.72. The van der Waals surface area contributed by atoms with E-state index in [1.807, 2.05) is 27.2 Å². The minimum absolute atomic E-state index is 0.00302. The van der Waals surface area contributed by atoms with Crippen LogP contribution in [0.4, 0.5) is 0 Å². The van der Waals surface area contributed by atoms with Crippen molar-refractivity contribution in [2.75, 3.05) is 40.9 Å². The molecule has 0 rings (SSSR count). The number of likely N-dealkylation sites (N-methyl/N-ethyl adjacent to an activating group) is 1. The number of hydrogen-bond donors (Lipinski definition) is 2. The van der Waals surface area contributed by atoms with Crippen LogP contribution >= 0.6 is 7.82 Å². The summed E-state index contributed by atoms with van der Waals surface area (Å²) in [5.41, 5.74) is 0. The number of allylic oxidation sites excluding steroid dienone is 1. The van der Waals surface area contributed by atoms with Crippen molar-refractivity contribution in [2.45, 2.75) is 386 Å². The van der Waals surface area contributed by atoms with Crippen LogP contribution in [0.25, 0.3) is 0 Å². The molecule has 0 spiro atoms. The smallest absolute Gasteiger partial charge is 0.268 e. The summed E-state index contributed by atoms with van der Waals surface area (Å²) in [4.78, 5) is 25.6. The fourth-order valence-electron chi connectivity index (χ4n) is 11.0. The van der Waals surface area contributed by atoms with Crippen molar-refractivity contribution >= 4 is 13.7 Å². The average Bonchev–Trinajstić information content (AvgIpc) is 3.41. The maximum Gasteiger partial charge on any atom is 0.268 e. The minimum atomic E-state index is -4.60. The highest BCUT2D eigenvalue weighted by atomic mass is 31.2. The second kappa shape index (κ2) is 60.8. The molecule has 9 heteroatoms. The van der Waals surface area contributed by atoms with Gasteiger partial charge in [-0.15, -0.1) is 0 Å². The highest BCUT2D eigenvalue weighted by Crippen LogP contribution is 2.38. The summed E-state index contributed by atoms with van der Waals surface area (Å²) >= 11 is 0. The van der Waals surface area contributed by atoms with Gasteiger partial charge in [0.25, 0.3) is 7.82 Å². The first-order chi connectivity index (χ1) is 38.0. The Kier molecular flexibility index (Phi) is 60.2. The van der Waals surface area contributed by atoms with Crippen LogP contribution in [0.15, 0.2) is 12.2 Å². The highest BCUT2D eigenvalue weighted by Gasteiger charge is 2.23. The van der Waals surface area contributed by atoms with Gasteiger partial charge in [0.15, 0.2) is 0 Å². The zero-order valence-electron chi connectivity index (χ0n) is 53.4. The molecule has 0 saturated heterocycles. The van der Waals surface area contributed by atoms with E-state index < -0.39 is 20.0 Å². The topological polar surface area (TPSA) is 108 Å². The van der Waals surface area contributed by atoms with Crippen molar-refractivity contribution in [3.05, 3.63) is 12.2 Å². The van der Waals surface area contributed by atoms with Crippen molar-refractivity contribution in [3.8, 4) is 0 Å². The third kappa shape index (κ3) is 62.8. The lowest BCUT2D eigenvalue weighted by Gasteiger charge is -2.29. The fourth-order valence-corrected chi connectivity index (χ4v) is 11.8. The van der Waals surface area contributed by atoms with E-state index in [1.165, 1.54) is 315 Å². The Morgan fingerprint density at radius 3 is 0.962 bits per heavy atom. The van der Waals surface area contributed by atoms with E-state index >= 15 is 0 Å². The van der Waals surface area contributed by atoms with Gasteiger partial charge in [0.05, 0.1) is 39.9 Å². The van der Waals surface area contributed by atoms with Gasteiger partial charge in [-0.25, -0.2) is 0 Å². The molecule has 0 aliphatic rings. The highest BCUT2D eigenvalue weighted by molar-refractivity contribution is 7.45. The number of nitrogens with one attached hydrogen (secondary N) is 1. The molecule has 8 nitrogen and oxygen atoms in total. The molecule has 0 aromatic heterocycles. The van der Waals surface area contributed by atoms with Crippen molar-refractivity contribution in [2.24, 2.45) is 0 Å². The molecule has 3 unspecified atom stereocenters. The van der Waals surface area contributed by atoms with Gasteiger partial charge in [0.1, 0.15) is 13.2 Å². The molecule has 0 aliphatic carbocycles. The maximum absolute atomic E-state index is 13.0. The molecular formula is C69H139N2O6P. The fraction of sp³-hybridized carbons (Fsp3) is 0.957. The largest absolute Gasteiger partial charge is 0.756 e. The van der Waals surface area contributed by atoms with Crippen molar-refractivity contribution < 1.29 is 32.9 Å². The normalized spacial score (nSPS) is 13.7. The summed E-state index contributed by atoms with van der Waals surface area (Å²) < 4.78 is 23.5. The second-order valence-corrected chi connectivity index (χ2v) is 27.0. The summed E-state index contributed by atoms with van der Waals surface area (Å²) in [6, 6.07) is -0.884. The number of phosphoric acid groups is 1. The molecule has 0 aromatic rings. The number of amides is 1. The summed E-state index contributed by atoms with van der Waals surface area (Å²) in [6.07, 6.45) is 77.6. The van der Waals surface area contributed by atoms with Crippen LogP contribution in [0.5, 0.6) is 0 Å². The summed E-state index contributed by atoms with van der Waals surface area (Å²) in [5, 5.41) is 14.0. The van der Waals surface area contributed by atoms with Gasteiger partial charge in [-0.1, -0.05) is 360 Å². The maximum atomic E-state index is 13.0. The number of quaternary nitrogens is 1. The lowest BCUT2D eigenvalue weighted by atomic mass is 10.0. The zero-order chi connectivity index (χ0) is 57.0. The molecule has 78 heavy (non-hydrogen) atoms. The van der Waals surface area contributed by atoms with E-state index in [-0.39, 0.29) is 19.1 Å².